The van der Waals surface area contributed by atoms with Gasteiger partial charge in [0.1, 0.15) is 5.82 Å². The minimum atomic E-state index is 0.420. The first-order chi connectivity index (χ1) is 7.25. The van der Waals surface area contributed by atoms with Crippen LogP contribution in [0.15, 0.2) is 0 Å². The molecule has 0 aliphatic carbocycles. The summed E-state index contributed by atoms with van der Waals surface area (Å²) in [5.74, 6) is 3.24. The Balaban J connectivity index is 1.82. The molecule has 4 nitrogen and oxygen atoms in total. The van der Waals surface area contributed by atoms with Crippen molar-refractivity contribution in [1.82, 2.24) is 20.5 Å². The van der Waals surface area contributed by atoms with Crippen molar-refractivity contribution in [2.45, 2.75) is 39.0 Å². The molecule has 0 saturated carbocycles. The average molecular weight is 208 g/mol. The third kappa shape index (κ3) is 2.78. The average Bonchev–Trinajstić information content (AvgIpc) is 2.86. The van der Waals surface area contributed by atoms with Crippen LogP contribution in [-0.2, 0) is 6.42 Å². The highest BCUT2D eigenvalue weighted by Crippen LogP contribution is 2.15. The third-order valence-electron chi connectivity index (χ3n) is 3.02. The fourth-order valence-electron chi connectivity index (χ4n) is 1.98. The van der Waals surface area contributed by atoms with E-state index in [1.807, 2.05) is 0 Å². The van der Waals surface area contributed by atoms with E-state index in [9.17, 15) is 0 Å². The summed E-state index contributed by atoms with van der Waals surface area (Å²) in [7, 11) is 0. The van der Waals surface area contributed by atoms with Gasteiger partial charge in [-0.05, 0) is 31.8 Å². The molecule has 0 radical (unpaired) electrons. The molecule has 15 heavy (non-hydrogen) atoms. The molecule has 0 amide bonds. The SMILES string of the molecule is CC(C)c1n[nH]c(CCC2CCNC2)n1. The van der Waals surface area contributed by atoms with Crippen LogP contribution in [0, 0.1) is 5.92 Å². The van der Waals surface area contributed by atoms with E-state index in [1.165, 1.54) is 25.9 Å². The number of nitrogens with zero attached hydrogens (tertiary/aromatic N) is 2. The Morgan fingerprint density at radius 3 is 2.93 bits per heavy atom. The summed E-state index contributed by atoms with van der Waals surface area (Å²) in [6.45, 7) is 6.59. The van der Waals surface area contributed by atoms with Gasteiger partial charge in [0.25, 0.3) is 0 Å². The van der Waals surface area contributed by atoms with E-state index in [2.05, 4.69) is 34.3 Å². The summed E-state index contributed by atoms with van der Waals surface area (Å²) >= 11 is 0. The molecule has 0 spiro atoms. The zero-order valence-electron chi connectivity index (χ0n) is 9.58. The van der Waals surface area contributed by atoms with Crippen LogP contribution < -0.4 is 5.32 Å². The van der Waals surface area contributed by atoms with Crippen molar-refractivity contribution in [1.29, 1.82) is 0 Å². The van der Waals surface area contributed by atoms with Crippen LogP contribution in [0.2, 0.25) is 0 Å². The lowest BCUT2D eigenvalue weighted by atomic mass is 10.0. The van der Waals surface area contributed by atoms with E-state index in [-0.39, 0.29) is 0 Å². The molecule has 1 aliphatic heterocycles. The smallest absolute Gasteiger partial charge is 0.153 e. The number of nitrogens with one attached hydrogen (secondary N) is 2. The second-order valence-corrected chi connectivity index (χ2v) is 4.69. The Hall–Kier alpha value is -0.900. The van der Waals surface area contributed by atoms with Crippen LogP contribution >= 0.6 is 0 Å². The van der Waals surface area contributed by atoms with Gasteiger partial charge >= 0.3 is 0 Å². The maximum absolute atomic E-state index is 4.48. The first-order valence-corrected chi connectivity index (χ1v) is 5.87. The number of aryl methyl sites for hydroxylation is 1. The number of hydrogen-bond donors (Lipinski definition) is 2. The van der Waals surface area contributed by atoms with Crippen LogP contribution in [0.4, 0.5) is 0 Å². The molecule has 0 bridgehead atoms. The van der Waals surface area contributed by atoms with E-state index >= 15 is 0 Å². The molecule has 84 valence electrons. The largest absolute Gasteiger partial charge is 0.316 e. The van der Waals surface area contributed by atoms with Gasteiger partial charge in [0.2, 0.25) is 0 Å². The summed E-state index contributed by atoms with van der Waals surface area (Å²) in [4.78, 5) is 4.48. The van der Waals surface area contributed by atoms with Crippen LogP contribution in [0.1, 0.15) is 44.3 Å². The molecule has 0 aromatic carbocycles. The second kappa shape index (κ2) is 4.75. The van der Waals surface area contributed by atoms with Crippen molar-refractivity contribution < 1.29 is 0 Å². The fourth-order valence-corrected chi connectivity index (χ4v) is 1.98. The molecule has 2 rings (SSSR count). The van der Waals surface area contributed by atoms with E-state index in [4.69, 9.17) is 0 Å². The number of rotatable bonds is 4. The number of hydrogen-bond acceptors (Lipinski definition) is 3. The Kier molecular flexibility index (Phi) is 3.36. The van der Waals surface area contributed by atoms with E-state index in [0.717, 1.165) is 24.0 Å². The molecule has 1 aromatic heterocycles. The molecule has 4 heteroatoms. The first kappa shape index (κ1) is 10.6. The molecule has 1 aromatic rings. The monoisotopic (exact) mass is 208 g/mol. The Morgan fingerprint density at radius 2 is 2.33 bits per heavy atom. The lowest BCUT2D eigenvalue weighted by Crippen LogP contribution is -2.09. The second-order valence-electron chi connectivity index (χ2n) is 4.69. The van der Waals surface area contributed by atoms with E-state index < -0.39 is 0 Å². The molecule has 2 N–H and O–H groups in total. The molecule has 1 fully saturated rings. The maximum atomic E-state index is 4.48. The molecular weight excluding hydrogens is 188 g/mol. The van der Waals surface area contributed by atoms with Gasteiger partial charge in [-0.2, -0.15) is 5.10 Å². The summed E-state index contributed by atoms with van der Waals surface area (Å²) < 4.78 is 0. The van der Waals surface area contributed by atoms with Crippen LogP contribution in [-0.4, -0.2) is 28.3 Å². The molecular formula is C11H20N4. The Bertz CT molecular complexity index is 299. The number of aromatic amines is 1. The highest BCUT2D eigenvalue weighted by molar-refractivity contribution is 4.95. The van der Waals surface area contributed by atoms with Gasteiger partial charge in [-0.1, -0.05) is 13.8 Å². The topological polar surface area (TPSA) is 53.6 Å². The van der Waals surface area contributed by atoms with Crippen LogP contribution in [0.3, 0.4) is 0 Å². The predicted octanol–water partition coefficient (Wildman–Crippen LogP) is 1.47. The van der Waals surface area contributed by atoms with Gasteiger partial charge in [0, 0.05) is 12.3 Å². The van der Waals surface area contributed by atoms with E-state index in [0.29, 0.717) is 5.92 Å². The van der Waals surface area contributed by atoms with Gasteiger partial charge in [-0.3, -0.25) is 5.10 Å². The molecule has 2 heterocycles. The van der Waals surface area contributed by atoms with Gasteiger partial charge in [-0.15, -0.1) is 0 Å². The summed E-state index contributed by atoms with van der Waals surface area (Å²) in [5.41, 5.74) is 0. The van der Waals surface area contributed by atoms with Crippen LogP contribution in [0.25, 0.3) is 0 Å². The Labute approximate surface area is 90.9 Å². The Morgan fingerprint density at radius 1 is 1.47 bits per heavy atom. The summed E-state index contributed by atoms with van der Waals surface area (Å²) in [6, 6.07) is 0. The number of H-pyrrole nitrogens is 1. The molecule has 1 aliphatic rings. The van der Waals surface area contributed by atoms with Crippen LogP contribution in [0.5, 0.6) is 0 Å². The standard InChI is InChI=1S/C11H20N4/c1-8(2)11-13-10(14-15-11)4-3-9-5-6-12-7-9/h8-9,12H,3-7H2,1-2H3,(H,13,14,15). The molecule has 1 atom stereocenters. The lowest BCUT2D eigenvalue weighted by Gasteiger charge is -2.04. The molecule has 1 saturated heterocycles. The van der Waals surface area contributed by atoms with E-state index in [1.54, 1.807) is 0 Å². The first-order valence-electron chi connectivity index (χ1n) is 5.87. The van der Waals surface area contributed by atoms with Crippen molar-refractivity contribution in [2.75, 3.05) is 13.1 Å². The summed E-state index contributed by atoms with van der Waals surface area (Å²) in [6.07, 6.45) is 3.57. The maximum Gasteiger partial charge on any atom is 0.153 e. The van der Waals surface area contributed by atoms with Gasteiger partial charge in [0.15, 0.2) is 5.82 Å². The van der Waals surface area contributed by atoms with Crippen molar-refractivity contribution in [3.8, 4) is 0 Å². The van der Waals surface area contributed by atoms with Crippen molar-refractivity contribution in [2.24, 2.45) is 5.92 Å². The fraction of sp³-hybridized carbons (Fsp3) is 0.818. The third-order valence-corrected chi connectivity index (χ3v) is 3.02. The van der Waals surface area contributed by atoms with Crippen molar-refractivity contribution in [3.63, 3.8) is 0 Å². The predicted molar refractivity (Wildman–Crippen MR) is 59.8 cm³/mol. The van der Waals surface area contributed by atoms with Gasteiger partial charge in [0.05, 0.1) is 0 Å². The zero-order valence-corrected chi connectivity index (χ0v) is 9.58. The number of aromatic nitrogens is 3. The zero-order chi connectivity index (χ0) is 10.7. The van der Waals surface area contributed by atoms with Crippen molar-refractivity contribution in [3.05, 3.63) is 11.6 Å². The van der Waals surface area contributed by atoms with Gasteiger partial charge < -0.3 is 5.32 Å². The van der Waals surface area contributed by atoms with Gasteiger partial charge in [-0.25, -0.2) is 4.98 Å². The molecule has 1 unspecified atom stereocenters. The highest BCUT2D eigenvalue weighted by atomic mass is 15.2. The van der Waals surface area contributed by atoms with Crippen molar-refractivity contribution >= 4 is 0 Å². The normalized spacial score (nSPS) is 21.4. The minimum absolute atomic E-state index is 0.420. The minimum Gasteiger partial charge on any atom is -0.316 e. The summed E-state index contributed by atoms with van der Waals surface area (Å²) in [5, 5.41) is 10.6. The lowest BCUT2D eigenvalue weighted by molar-refractivity contribution is 0.525. The highest BCUT2D eigenvalue weighted by Gasteiger charge is 2.15. The quantitative estimate of drug-likeness (QED) is 0.788.